The number of aliphatic hydroxyl groups excluding tert-OH is 1. The van der Waals surface area contributed by atoms with Crippen molar-refractivity contribution in [2.45, 2.75) is 19.4 Å². The molecule has 1 aromatic rings. The molecule has 2 amide bonds. The van der Waals surface area contributed by atoms with Crippen LogP contribution in [0, 0.1) is 0 Å². The first kappa shape index (κ1) is 13.3. The van der Waals surface area contributed by atoms with Crippen molar-refractivity contribution < 1.29 is 9.90 Å². The topological polar surface area (TPSA) is 78.6 Å². The lowest BCUT2D eigenvalue weighted by molar-refractivity contribution is 0.104. The zero-order valence-electron chi connectivity index (χ0n) is 10.4. The summed E-state index contributed by atoms with van der Waals surface area (Å²) in [5.74, 6) is 0. The molecule has 0 aliphatic heterocycles. The number of rotatable bonds is 3. The van der Waals surface area contributed by atoms with Crippen molar-refractivity contribution in [2.24, 2.45) is 0 Å². The second-order valence-corrected chi connectivity index (χ2v) is 4.59. The summed E-state index contributed by atoms with van der Waals surface area (Å²) in [5, 5.41) is 11.9. The molecular formula is C12H19N3O2. The third-order valence-electron chi connectivity index (χ3n) is 2.74. The average molecular weight is 237 g/mol. The van der Waals surface area contributed by atoms with Crippen LogP contribution in [0.5, 0.6) is 0 Å². The van der Waals surface area contributed by atoms with Gasteiger partial charge in [-0.1, -0.05) is 6.07 Å². The Balaban J connectivity index is 2.73. The Kier molecular flexibility index (Phi) is 3.96. The van der Waals surface area contributed by atoms with Crippen LogP contribution in [0.1, 0.15) is 13.8 Å². The number of carbonyl (C=O) groups is 1. The number of carbonyl (C=O) groups excluding carboxylic acids is 1. The Labute approximate surface area is 101 Å². The van der Waals surface area contributed by atoms with Crippen molar-refractivity contribution in [3.63, 3.8) is 0 Å². The van der Waals surface area contributed by atoms with E-state index >= 15 is 0 Å². The highest BCUT2D eigenvalue weighted by Crippen LogP contribution is 2.16. The van der Waals surface area contributed by atoms with Crippen molar-refractivity contribution in [3.8, 4) is 0 Å². The van der Waals surface area contributed by atoms with E-state index in [0.717, 1.165) is 0 Å². The van der Waals surface area contributed by atoms with Crippen LogP contribution in [-0.2, 0) is 0 Å². The van der Waals surface area contributed by atoms with Gasteiger partial charge in [-0.3, -0.25) is 0 Å². The highest BCUT2D eigenvalue weighted by Gasteiger charge is 2.26. The van der Waals surface area contributed by atoms with Crippen LogP contribution in [0.4, 0.5) is 16.2 Å². The van der Waals surface area contributed by atoms with E-state index in [0.29, 0.717) is 11.4 Å². The van der Waals surface area contributed by atoms with E-state index in [1.807, 2.05) is 0 Å². The van der Waals surface area contributed by atoms with E-state index < -0.39 is 5.54 Å². The summed E-state index contributed by atoms with van der Waals surface area (Å²) in [6.07, 6.45) is 0. The highest BCUT2D eigenvalue weighted by molar-refractivity contribution is 5.90. The molecule has 4 N–H and O–H groups in total. The van der Waals surface area contributed by atoms with Gasteiger partial charge in [0.2, 0.25) is 0 Å². The molecule has 0 heterocycles. The summed E-state index contributed by atoms with van der Waals surface area (Å²) in [4.78, 5) is 13.3. The first-order chi connectivity index (χ1) is 7.86. The van der Waals surface area contributed by atoms with E-state index in [1.54, 1.807) is 45.2 Å². The number of benzene rings is 1. The van der Waals surface area contributed by atoms with Gasteiger partial charge in [0.25, 0.3) is 0 Å². The average Bonchev–Trinajstić information content (AvgIpc) is 2.28. The maximum Gasteiger partial charge on any atom is 0.322 e. The van der Waals surface area contributed by atoms with Crippen molar-refractivity contribution in [1.82, 2.24) is 4.90 Å². The number of aliphatic hydroxyl groups is 1. The van der Waals surface area contributed by atoms with Crippen molar-refractivity contribution in [2.75, 3.05) is 24.7 Å². The Morgan fingerprint density at radius 2 is 2.18 bits per heavy atom. The fourth-order valence-electron chi connectivity index (χ4n) is 1.20. The molecule has 0 bridgehead atoms. The minimum Gasteiger partial charge on any atom is -0.399 e. The number of anilines is 2. The molecule has 1 rings (SSSR count). The molecule has 0 radical (unpaired) electrons. The third-order valence-corrected chi connectivity index (χ3v) is 2.74. The van der Waals surface area contributed by atoms with Gasteiger partial charge in [-0.05, 0) is 32.0 Å². The fourth-order valence-corrected chi connectivity index (χ4v) is 1.20. The zero-order chi connectivity index (χ0) is 13.1. The smallest absolute Gasteiger partial charge is 0.322 e. The van der Waals surface area contributed by atoms with Gasteiger partial charge in [-0.15, -0.1) is 0 Å². The predicted octanol–water partition coefficient (Wildman–Crippen LogP) is 1.50. The largest absolute Gasteiger partial charge is 0.399 e. The standard InChI is InChI=1S/C12H19N3O2/c1-12(2,8-16)15(3)11(17)14-10-6-4-5-9(13)7-10/h4-7,16H,8,13H2,1-3H3,(H,14,17). The van der Waals surface area contributed by atoms with Crippen molar-refractivity contribution >= 4 is 17.4 Å². The number of nitrogens with one attached hydrogen (secondary N) is 1. The molecular weight excluding hydrogens is 218 g/mol. The summed E-state index contributed by atoms with van der Waals surface area (Å²) in [6, 6.07) is 6.67. The second kappa shape index (κ2) is 5.05. The van der Waals surface area contributed by atoms with Crippen LogP contribution in [0.15, 0.2) is 24.3 Å². The number of hydrogen-bond donors (Lipinski definition) is 3. The summed E-state index contributed by atoms with van der Waals surface area (Å²) in [5.41, 5.74) is 6.24. The van der Waals surface area contributed by atoms with Gasteiger partial charge in [0, 0.05) is 18.4 Å². The predicted molar refractivity (Wildman–Crippen MR) is 68.8 cm³/mol. The first-order valence-electron chi connectivity index (χ1n) is 5.38. The van der Waals surface area contributed by atoms with Gasteiger partial charge in [0.15, 0.2) is 0 Å². The van der Waals surface area contributed by atoms with E-state index in [2.05, 4.69) is 5.32 Å². The summed E-state index contributed by atoms with van der Waals surface area (Å²) < 4.78 is 0. The number of amides is 2. The minimum atomic E-state index is -0.607. The molecule has 0 saturated heterocycles. The van der Waals surface area contributed by atoms with Gasteiger partial charge in [0.1, 0.15) is 0 Å². The summed E-state index contributed by atoms with van der Waals surface area (Å²) in [6.45, 7) is 3.46. The zero-order valence-corrected chi connectivity index (χ0v) is 10.4. The van der Waals surface area contributed by atoms with Gasteiger partial charge < -0.3 is 21.1 Å². The molecule has 0 aromatic heterocycles. The molecule has 5 heteroatoms. The first-order valence-corrected chi connectivity index (χ1v) is 5.38. The second-order valence-electron chi connectivity index (χ2n) is 4.59. The number of hydrogen-bond acceptors (Lipinski definition) is 3. The van der Waals surface area contributed by atoms with Gasteiger partial charge in [0.05, 0.1) is 12.1 Å². The maximum atomic E-state index is 11.9. The molecule has 17 heavy (non-hydrogen) atoms. The van der Waals surface area contributed by atoms with E-state index in [-0.39, 0.29) is 12.6 Å². The van der Waals surface area contributed by atoms with Crippen LogP contribution in [-0.4, -0.2) is 35.2 Å². The lowest BCUT2D eigenvalue weighted by Gasteiger charge is -2.33. The third kappa shape index (κ3) is 3.35. The van der Waals surface area contributed by atoms with Crippen LogP contribution < -0.4 is 11.1 Å². The van der Waals surface area contributed by atoms with Crippen molar-refractivity contribution in [1.29, 1.82) is 0 Å². The molecule has 0 unspecified atom stereocenters. The quantitative estimate of drug-likeness (QED) is 0.697. The lowest BCUT2D eigenvalue weighted by atomic mass is 10.1. The molecule has 0 spiro atoms. The highest BCUT2D eigenvalue weighted by atomic mass is 16.3. The number of likely N-dealkylation sites (N-methyl/N-ethyl adjacent to an activating group) is 1. The summed E-state index contributed by atoms with van der Waals surface area (Å²) in [7, 11) is 1.64. The number of nitrogens with zero attached hydrogens (tertiary/aromatic N) is 1. The molecule has 5 nitrogen and oxygen atoms in total. The molecule has 1 aromatic carbocycles. The Hall–Kier alpha value is -1.75. The molecule has 0 saturated carbocycles. The van der Waals surface area contributed by atoms with Gasteiger partial charge in [-0.2, -0.15) is 0 Å². The fraction of sp³-hybridized carbons (Fsp3) is 0.417. The number of nitrogen functional groups attached to an aromatic ring is 1. The van der Waals surface area contributed by atoms with Crippen molar-refractivity contribution in [3.05, 3.63) is 24.3 Å². The SMILES string of the molecule is CN(C(=O)Nc1cccc(N)c1)C(C)(C)CO. The summed E-state index contributed by atoms with van der Waals surface area (Å²) >= 11 is 0. The Bertz CT molecular complexity index is 404. The molecule has 0 aliphatic rings. The van der Waals surface area contributed by atoms with Crippen LogP contribution in [0.25, 0.3) is 0 Å². The Morgan fingerprint density at radius 3 is 2.71 bits per heavy atom. The maximum absolute atomic E-state index is 11.9. The van der Waals surface area contributed by atoms with Crippen LogP contribution in [0.3, 0.4) is 0 Å². The monoisotopic (exact) mass is 237 g/mol. The van der Waals surface area contributed by atoms with E-state index in [1.165, 1.54) is 4.90 Å². The van der Waals surface area contributed by atoms with Crippen LogP contribution >= 0.6 is 0 Å². The van der Waals surface area contributed by atoms with E-state index in [4.69, 9.17) is 5.73 Å². The normalized spacial score (nSPS) is 11.1. The van der Waals surface area contributed by atoms with Gasteiger partial charge in [-0.25, -0.2) is 4.79 Å². The molecule has 0 aliphatic carbocycles. The molecule has 0 atom stereocenters. The lowest BCUT2D eigenvalue weighted by Crippen LogP contribution is -2.49. The van der Waals surface area contributed by atoms with Gasteiger partial charge >= 0.3 is 6.03 Å². The Morgan fingerprint density at radius 1 is 1.53 bits per heavy atom. The number of nitrogens with two attached hydrogens (primary N) is 1. The minimum absolute atomic E-state index is 0.103. The molecule has 0 fully saturated rings. The number of urea groups is 1. The van der Waals surface area contributed by atoms with E-state index in [9.17, 15) is 9.90 Å². The van der Waals surface area contributed by atoms with Crippen LogP contribution in [0.2, 0.25) is 0 Å². The molecule has 94 valence electrons.